The molecule has 2 nitrogen and oxygen atoms in total. The van der Waals surface area contributed by atoms with E-state index in [1.54, 1.807) is 12.4 Å². The summed E-state index contributed by atoms with van der Waals surface area (Å²) >= 11 is 0. The van der Waals surface area contributed by atoms with E-state index in [1.165, 1.54) is 0 Å². The van der Waals surface area contributed by atoms with Gasteiger partial charge in [-0.3, -0.25) is 4.98 Å². The number of aromatic nitrogens is 1. The van der Waals surface area contributed by atoms with Crippen LogP contribution in [0.15, 0.2) is 42.7 Å². The zero-order chi connectivity index (χ0) is 8.81. The molecule has 0 fully saturated rings. The molecule has 0 spiro atoms. The summed E-state index contributed by atoms with van der Waals surface area (Å²) in [5.41, 5.74) is 7.52. The lowest BCUT2D eigenvalue weighted by molar-refractivity contribution is 1.33. The topological polar surface area (TPSA) is 38.9 Å². The molecular formula is C10H12N2. The van der Waals surface area contributed by atoms with Crippen LogP contribution in [0.5, 0.6) is 0 Å². The van der Waals surface area contributed by atoms with Gasteiger partial charge in [-0.25, -0.2) is 0 Å². The summed E-state index contributed by atoms with van der Waals surface area (Å²) in [5, 5.41) is 0. The van der Waals surface area contributed by atoms with Gasteiger partial charge in [0.25, 0.3) is 0 Å². The highest BCUT2D eigenvalue weighted by Crippen LogP contribution is 2.03. The van der Waals surface area contributed by atoms with E-state index in [9.17, 15) is 0 Å². The Labute approximate surface area is 72.4 Å². The fraction of sp³-hybridized carbons (Fsp3) is 0.100. The zero-order valence-corrected chi connectivity index (χ0v) is 7.07. The Morgan fingerprint density at radius 1 is 1.08 bits per heavy atom. The highest BCUT2D eigenvalue weighted by atomic mass is 14.6. The summed E-state index contributed by atoms with van der Waals surface area (Å²) in [5.74, 6) is 0. The third-order valence-electron chi connectivity index (χ3n) is 1.54. The predicted octanol–water partition coefficient (Wildman–Crippen LogP) is 2.10. The molecule has 0 atom stereocenters. The molecule has 1 aromatic heterocycles. The lowest BCUT2D eigenvalue weighted by Crippen LogP contribution is -1.84. The van der Waals surface area contributed by atoms with Crippen LogP contribution in [-0.2, 0) is 0 Å². The highest BCUT2D eigenvalue weighted by Gasteiger charge is 1.82. The van der Waals surface area contributed by atoms with Gasteiger partial charge in [-0.05, 0) is 30.7 Å². The van der Waals surface area contributed by atoms with Gasteiger partial charge < -0.3 is 5.73 Å². The molecule has 0 saturated heterocycles. The van der Waals surface area contributed by atoms with Crippen molar-refractivity contribution in [3.63, 3.8) is 0 Å². The Kier molecular flexibility index (Phi) is 3.08. The van der Waals surface area contributed by atoms with E-state index in [0.717, 1.165) is 11.3 Å². The molecule has 1 aromatic rings. The minimum atomic E-state index is 0.771. The van der Waals surface area contributed by atoms with Gasteiger partial charge in [0.05, 0.1) is 0 Å². The highest BCUT2D eigenvalue weighted by molar-refractivity contribution is 5.42. The van der Waals surface area contributed by atoms with Crippen molar-refractivity contribution in [3.05, 3.63) is 48.3 Å². The smallest absolute Gasteiger partial charge is 0.0344 e. The minimum Gasteiger partial charge on any atom is -0.399 e. The number of hydrogen-bond acceptors (Lipinski definition) is 2. The molecule has 0 saturated carbocycles. The molecule has 2 N–H and O–H groups in total. The SMILES string of the molecule is Cc1ccncccccc1N. The molecule has 0 aliphatic heterocycles. The molecule has 1 heterocycles. The molecule has 0 unspecified atom stereocenters. The van der Waals surface area contributed by atoms with E-state index in [2.05, 4.69) is 4.98 Å². The molecule has 0 amide bonds. The zero-order valence-electron chi connectivity index (χ0n) is 7.07. The van der Waals surface area contributed by atoms with Gasteiger partial charge in [0.15, 0.2) is 0 Å². The summed E-state index contributed by atoms with van der Waals surface area (Å²) < 4.78 is 0. The Balaban J connectivity index is 3.25. The molecule has 0 aliphatic carbocycles. The first-order chi connectivity index (χ1) is 5.80. The summed E-state index contributed by atoms with van der Waals surface area (Å²) in [6, 6.07) is 9.40. The van der Waals surface area contributed by atoms with E-state index in [4.69, 9.17) is 5.73 Å². The van der Waals surface area contributed by atoms with Crippen molar-refractivity contribution < 1.29 is 0 Å². The van der Waals surface area contributed by atoms with Gasteiger partial charge in [-0.2, -0.15) is 0 Å². The van der Waals surface area contributed by atoms with Gasteiger partial charge in [-0.15, -0.1) is 0 Å². The second kappa shape index (κ2) is 4.34. The summed E-state index contributed by atoms with van der Waals surface area (Å²) in [6.45, 7) is 1.96. The summed E-state index contributed by atoms with van der Waals surface area (Å²) in [7, 11) is 0. The van der Waals surface area contributed by atoms with Crippen molar-refractivity contribution in [2.45, 2.75) is 6.92 Å². The average molecular weight is 160 g/mol. The first-order valence-electron chi connectivity index (χ1n) is 3.80. The second-order valence-corrected chi connectivity index (χ2v) is 2.50. The van der Waals surface area contributed by atoms with Gasteiger partial charge in [0.2, 0.25) is 0 Å². The van der Waals surface area contributed by atoms with Crippen molar-refractivity contribution in [2.24, 2.45) is 0 Å². The van der Waals surface area contributed by atoms with Crippen LogP contribution in [0.2, 0.25) is 0 Å². The second-order valence-electron chi connectivity index (χ2n) is 2.50. The average Bonchev–Trinajstić information content (AvgIpc) is 2.08. The van der Waals surface area contributed by atoms with Gasteiger partial charge in [0.1, 0.15) is 0 Å². The van der Waals surface area contributed by atoms with E-state index in [1.807, 2.05) is 37.3 Å². The van der Waals surface area contributed by atoms with Gasteiger partial charge >= 0.3 is 0 Å². The van der Waals surface area contributed by atoms with Crippen LogP contribution in [-0.4, -0.2) is 4.98 Å². The maximum Gasteiger partial charge on any atom is 0.0344 e. The number of nitrogens with two attached hydrogens (primary N) is 1. The lowest BCUT2D eigenvalue weighted by atomic mass is 10.2. The Hall–Kier alpha value is -1.57. The van der Waals surface area contributed by atoms with Gasteiger partial charge in [-0.1, -0.05) is 12.1 Å². The molecule has 2 heteroatoms. The first-order valence-corrected chi connectivity index (χ1v) is 3.80. The largest absolute Gasteiger partial charge is 0.399 e. The molecule has 12 heavy (non-hydrogen) atoms. The fourth-order valence-electron chi connectivity index (χ4n) is 0.755. The molecule has 1 rings (SSSR count). The molecular weight excluding hydrogens is 148 g/mol. The van der Waals surface area contributed by atoms with Crippen molar-refractivity contribution in [2.75, 3.05) is 5.73 Å². The predicted molar refractivity (Wildman–Crippen MR) is 51.0 cm³/mol. The number of rotatable bonds is 0. The van der Waals surface area contributed by atoms with Crippen molar-refractivity contribution in [1.29, 1.82) is 0 Å². The molecule has 0 bridgehead atoms. The molecule has 62 valence electrons. The van der Waals surface area contributed by atoms with Gasteiger partial charge in [0, 0.05) is 18.1 Å². The Bertz CT molecular complexity index is 275. The molecule has 0 aromatic carbocycles. The lowest BCUT2D eigenvalue weighted by Gasteiger charge is -1.90. The first kappa shape index (κ1) is 8.53. The van der Waals surface area contributed by atoms with E-state index in [-0.39, 0.29) is 0 Å². The third kappa shape index (κ3) is 2.58. The van der Waals surface area contributed by atoms with Crippen LogP contribution in [0.4, 0.5) is 5.69 Å². The van der Waals surface area contributed by atoms with Crippen LogP contribution in [0, 0.1) is 6.92 Å². The fourth-order valence-corrected chi connectivity index (χ4v) is 0.755. The maximum atomic E-state index is 5.72. The number of hydrogen-bond donors (Lipinski definition) is 1. The number of nitrogen functional groups attached to an aromatic ring is 1. The maximum absolute atomic E-state index is 5.72. The number of anilines is 1. The minimum absolute atomic E-state index is 0.771. The van der Waals surface area contributed by atoms with Crippen LogP contribution in [0.3, 0.4) is 0 Å². The van der Waals surface area contributed by atoms with Crippen LogP contribution < -0.4 is 5.73 Å². The van der Waals surface area contributed by atoms with Crippen molar-refractivity contribution >= 4 is 5.69 Å². The molecule has 0 aliphatic rings. The standard InChI is InChI=1S/C10H12N2/c1-9-6-8-12-7-4-2-3-5-10(9)11/h2-8H,11H2,1H3. The van der Waals surface area contributed by atoms with Crippen LogP contribution in [0.25, 0.3) is 0 Å². The normalized spacial score (nSPS) is 8.75. The number of aryl methyl sites for hydroxylation is 1. The summed E-state index contributed by atoms with van der Waals surface area (Å²) in [6.07, 6.45) is 3.46. The van der Waals surface area contributed by atoms with Crippen LogP contribution in [0.1, 0.15) is 5.56 Å². The monoisotopic (exact) mass is 160 g/mol. The van der Waals surface area contributed by atoms with E-state index < -0.39 is 0 Å². The molecule has 0 radical (unpaired) electrons. The van der Waals surface area contributed by atoms with E-state index >= 15 is 0 Å². The number of nitrogens with zero attached hydrogens (tertiary/aromatic N) is 1. The van der Waals surface area contributed by atoms with E-state index in [0.29, 0.717) is 0 Å². The Morgan fingerprint density at radius 3 is 2.75 bits per heavy atom. The van der Waals surface area contributed by atoms with Crippen molar-refractivity contribution in [1.82, 2.24) is 4.98 Å². The summed E-state index contributed by atoms with van der Waals surface area (Å²) in [4.78, 5) is 4.00. The third-order valence-corrected chi connectivity index (χ3v) is 1.54. The van der Waals surface area contributed by atoms with Crippen molar-refractivity contribution in [3.8, 4) is 0 Å². The Morgan fingerprint density at radius 2 is 1.92 bits per heavy atom. The quantitative estimate of drug-likeness (QED) is 0.631. The van der Waals surface area contributed by atoms with Crippen LogP contribution >= 0.6 is 0 Å².